The molecule has 0 bridgehead atoms. The summed E-state index contributed by atoms with van der Waals surface area (Å²) in [5, 5.41) is 13.9. The molecule has 5 aromatic rings. The fourth-order valence-electron chi connectivity index (χ4n) is 5.43. The SMILES string of the molecule is Cc1cc(-c2nccc3cc(CC4CCCC4)ccc23)c2oc3c(C#N)cccc3c2c1. The average Bonchev–Trinajstić information content (AvgIpc) is 3.45. The second-order valence-corrected chi connectivity index (χ2v) is 9.15. The van der Waals surface area contributed by atoms with E-state index in [0.29, 0.717) is 11.1 Å². The zero-order valence-corrected chi connectivity index (χ0v) is 18.2. The number of pyridine rings is 1. The highest BCUT2D eigenvalue weighted by Crippen LogP contribution is 2.39. The molecule has 0 radical (unpaired) electrons. The minimum Gasteiger partial charge on any atom is -0.454 e. The molecule has 0 atom stereocenters. The van der Waals surface area contributed by atoms with Crippen molar-refractivity contribution in [1.29, 1.82) is 5.26 Å². The third kappa shape index (κ3) is 3.07. The number of para-hydroxylation sites is 1. The lowest BCUT2D eigenvalue weighted by atomic mass is 9.94. The minimum absolute atomic E-state index is 0.560. The largest absolute Gasteiger partial charge is 0.454 e. The van der Waals surface area contributed by atoms with Gasteiger partial charge in [-0.15, -0.1) is 0 Å². The van der Waals surface area contributed by atoms with Crippen LogP contribution in [0.15, 0.2) is 65.2 Å². The minimum atomic E-state index is 0.560. The summed E-state index contributed by atoms with van der Waals surface area (Å²) in [6.07, 6.45) is 8.54. The van der Waals surface area contributed by atoms with Crippen LogP contribution in [0.2, 0.25) is 0 Å². The lowest BCUT2D eigenvalue weighted by molar-refractivity contribution is 0.547. The molecule has 0 spiro atoms. The lowest BCUT2D eigenvalue weighted by Crippen LogP contribution is -1.98. The Morgan fingerprint density at radius 1 is 0.969 bits per heavy atom. The van der Waals surface area contributed by atoms with Crippen LogP contribution in [0.4, 0.5) is 0 Å². The zero-order valence-electron chi connectivity index (χ0n) is 18.2. The number of aryl methyl sites for hydroxylation is 1. The van der Waals surface area contributed by atoms with E-state index in [1.54, 1.807) is 6.07 Å². The number of furan rings is 1. The van der Waals surface area contributed by atoms with Gasteiger partial charge in [-0.05, 0) is 60.0 Å². The number of nitrogens with zero attached hydrogens (tertiary/aromatic N) is 2. The summed E-state index contributed by atoms with van der Waals surface area (Å²) in [7, 11) is 0. The van der Waals surface area contributed by atoms with Crippen LogP contribution < -0.4 is 0 Å². The Bertz CT molecular complexity index is 1530. The third-order valence-electron chi connectivity index (χ3n) is 6.95. The molecule has 32 heavy (non-hydrogen) atoms. The van der Waals surface area contributed by atoms with E-state index in [2.05, 4.69) is 49.4 Å². The summed E-state index contributed by atoms with van der Waals surface area (Å²) in [6.45, 7) is 2.10. The highest BCUT2D eigenvalue weighted by Gasteiger charge is 2.19. The molecule has 1 aliphatic carbocycles. The van der Waals surface area contributed by atoms with Gasteiger partial charge < -0.3 is 4.42 Å². The number of hydrogen-bond donors (Lipinski definition) is 0. The van der Waals surface area contributed by atoms with Crippen molar-refractivity contribution >= 4 is 32.7 Å². The fourth-order valence-corrected chi connectivity index (χ4v) is 5.43. The predicted molar refractivity (Wildman–Crippen MR) is 130 cm³/mol. The van der Waals surface area contributed by atoms with Gasteiger partial charge in [0, 0.05) is 27.9 Å². The Labute approximate surface area is 187 Å². The molecule has 0 amide bonds. The summed E-state index contributed by atoms with van der Waals surface area (Å²) >= 11 is 0. The van der Waals surface area contributed by atoms with E-state index in [1.165, 1.54) is 43.1 Å². The highest BCUT2D eigenvalue weighted by molar-refractivity contribution is 6.12. The van der Waals surface area contributed by atoms with Gasteiger partial charge in [-0.2, -0.15) is 5.26 Å². The number of fused-ring (bicyclic) bond motifs is 4. The standard InChI is InChI=1S/C29H24N2O/c1-18-13-25-24-8-4-7-22(17-30)28(24)32-29(25)26(14-18)27-23-10-9-20(15-19-5-2-3-6-19)16-21(23)11-12-31-27/h4,7-14,16,19H,2-3,5-6,15H2,1H3. The summed E-state index contributed by atoms with van der Waals surface area (Å²) in [5.41, 5.74) is 6.48. The van der Waals surface area contributed by atoms with Crippen molar-refractivity contribution in [3.8, 4) is 17.3 Å². The number of nitriles is 1. The predicted octanol–water partition coefficient (Wildman–Crippen LogP) is 7.71. The zero-order chi connectivity index (χ0) is 21.7. The van der Waals surface area contributed by atoms with Crippen LogP contribution in [0.1, 0.15) is 42.4 Å². The molecule has 1 saturated carbocycles. The first-order chi connectivity index (χ1) is 15.7. The van der Waals surface area contributed by atoms with Gasteiger partial charge in [0.15, 0.2) is 5.58 Å². The Balaban J connectivity index is 1.55. The maximum atomic E-state index is 9.55. The Morgan fingerprint density at radius 3 is 2.69 bits per heavy atom. The van der Waals surface area contributed by atoms with Crippen LogP contribution in [0.25, 0.3) is 44.0 Å². The van der Waals surface area contributed by atoms with Gasteiger partial charge in [0.1, 0.15) is 11.7 Å². The molecule has 156 valence electrons. The third-order valence-corrected chi connectivity index (χ3v) is 6.95. The first-order valence-corrected chi connectivity index (χ1v) is 11.5. The summed E-state index contributed by atoms with van der Waals surface area (Å²) < 4.78 is 6.31. The molecular formula is C29H24N2O. The molecule has 2 heterocycles. The van der Waals surface area contributed by atoms with E-state index in [1.807, 2.05) is 18.3 Å². The molecule has 0 aliphatic heterocycles. The smallest absolute Gasteiger partial charge is 0.153 e. The molecule has 0 N–H and O–H groups in total. The van der Waals surface area contributed by atoms with E-state index >= 15 is 0 Å². The first kappa shape index (κ1) is 19.1. The Morgan fingerprint density at radius 2 is 1.84 bits per heavy atom. The molecule has 6 rings (SSSR count). The van der Waals surface area contributed by atoms with Crippen molar-refractivity contribution in [2.75, 3.05) is 0 Å². The molecule has 3 nitrogen and oxygen atoms in total. The van der Waals surface area contributed by atoms with Crippen molar-refractivity contribution in [3.63, 3.8) is 0 Å². The molecule has 1 aliphatic rings. The molecule has 3 aromatic carbocycles. The van der Waals surface area contributed by atoms with Gasteiger partial charge in [0.2, 0.25) is 0 Å². The van der Waals surface area contributed by atoms with Gasteiger partial charge in [-0.25, -0.2) is 0 Å². The van der Waals surface area contributed by atoms with E-state index in [4.69, 9.17) is 9.40 Å². The van der Waals surface area contributed by atoms with Gasteiger partial charge in [0.05, 0.1) is 11.3 Å². The van der Waals surface area contributed by atoms with E-state index in [9.17, 15) is 5.26 Å². The van der Waals surface area contributed by atoms with Crippen molar-refractivity contribution in [2.45, 2.75) is 39.0 Å². The van der Waals surface area contributed by atoms with Gasteiger partial charge in [0.25, 0.3) is 0 Å². The van der Waals surface area contributed by atoms with Gasteiger partial charge in [-0.1, -0.05) is 56.0 Å². The molecule has 0 unspecified atom stereocenters. The maximum Gasteiger partial charge on any atom is 0.153 e. The van der Waals surface area contributed by atoms with Gasteiger partial charge >= 0.3 is 0 Å². The number of hydrogen-bond acceptors (Lipinski definition) is 3. The molecule has 3 heteroatoms. The molecule has 0 saturated heterocycles. The van der Waals surface area contributed by atoms with Crippen LogP contribution in [0.5, 0.6) is 0 Å². The van der Waals surface area contributed by atoms with Crippen LogP contribution in [-0.2, 0) is 6.42 Å². The topological polar surface area (TPSA) is 49.8 Å². The van der Waals surface area contributed by atoms with Crippen molar-refractivity contribution in [1.82, 2.24) is 4.98 Å². The maximum absolute atomic E-state index is 9.55. The summed E-state index contributed by atoms with van der Waals surface area (Å²) in [6, 6.07) is 21.2. The Hall–Kier alpha value is -3.64. The number of rotatable bonds is 3. The van der Waals surface area contributed by atoms with E-state index in [-0.39, 0.29) is 0 Å². The second kappa shape index (κ2) is 7.50. The van der Waals surface area contributed by atoms with E-state index in [0.717, 1.165) is 44.5 Å². The van der Waals surface area contributed by atoms with Crippen LogP contribution in [0, 0.1) is 24.2 Å². The summed E-state index contributed by atoms with van der Waals surface area (Å²) in [4.78, 5) is 4.79. The fraction of sp³-hybridized carbons (Fsp3) is 0.241. The van der Waals surface area contributed by atoms with Crippen molar-refractivity contribution < 1.29 is 4.42 Å². The number of aromatic nitrogens is 1. The monoisotopic (exact) mass is 416 g/mol. The normalized spacial score (nSPS) is 14.5. The molecule has 2 aromatic heterocycles. The van der Waals surface area contributed by atoms with Crippen molar-refractivity contribution in [3.05, 3.63) is 77.5 Å². The second-order valence-electron chi connectivity index (χ2n) is 9.15. The van der Waals surface area contributed by atoms with Crippen LogP contribution in [-0.4, -0.2) is 4.98 Å². The van der Waals surface area contributed by atoms with E-state index < -0.39 is 0 Å². The van der Waals surface area contributed by atoms with Crippen LogP contribution >= 0.6 is 0 Å². The number of benzene rings is 3. The van der Waals surface area contributed by atoms with Crippen molar-refractivity contribution in [2.24, 2.45) is 5.92 Å². The summed E-state index contributed by atoms with van der Waals surface area (Å²) in [5.74, 6) is 0.829. The lowest BCUT2D eigenvalue weighted by Gasteiger charge is -2.12. The molecule has 1 fully saturated rings. The van der Waals surface area contributed by atoms with Crippen LogP contribution in [0.3, 0.4) is 0 Å². The first-order valence-electron chi connectivity index (χ1n) is 11.5. The van der Waals surface area contributed by atoms with Gasteiger partial charge in [-0.3, -0.25) is 4.98 Å². The highest BCUT2D eigenvalue weighted by atomic mass is 16.3. The molecular weight excluding hydrogens is 392 g/mol. The average molecular weight is 417 g/mol. The quantitative estimate of drug-likeness (QED) is 0.302. The Kier molecular flexibility index (Phi) is 4.47.